The molecule has 0 amide bonds. The van der Waals surface area contributed by atoms with Gasteiger partial charge in [-0.3, -0.25) is 0 Å². The van der Waals surface area contributed by atoms with E-state index in [1.807, 2.05) is 13.8 Å². The molecule has 2 nitrogen and oxygen atoms in total. The fourth-order valence-corrected chi connectivity index (χ4v) is 3.33. The van der Waals surface area contributed by atoms with Crippen molar-refractivity contribution >= 4 is 0 Å². The van der Waals surface area contributed by atoms with Gasteiger partial charge in [0.25, 0.3) is 0 Å². The lowest BCUT2D eigenvalue weighted by atomic mass is 9.60. The average Bonchev–Trinajstić information content (AvgIpc) is 2.37. The van der Waals surface area contributed by atoms with Gasteiger partial charge in [0, 0.05) is 0 Å². The largest absolute Gasteiger partial charge is 0.379 e. The number of hydrogen-bond donors (Lipinski definition) is 0. The highest BCUT2D eigenvalue weighted by Crippen LogP contribution is 2.47. The Balaban J connectivity index is 2.04. The van der Waals surface area contributed by atoms with Gasteiger partial charge in [-0.1, -0.05) is 18.2 Å². The molecule has 0 spiro atoms. The van der Waals surface area contributed by atoms with Gasteiger partial charge >= 0.3 is 0 Å². The molecule has 0 radical (unpaired) electrons. The predicted octanol–water partition coefficient (Wildman–Crippen LogP) is 3.38. The monoisotopic (exact) mass is 255 g/mol. The average molecular weight is 255 g/mol. The second kappa shape index (κ2) is 4.35. The second-order valence-electron chi connectivity index (χ2n) is 6.50. The molecule has 1 aliphatic heterocycles. The van der Waals surface area contributed by atoms with E-state index in [9.17, 15) is 5.26 Å². The second-order valence-corrected chi connectivity index (χ2v) is 6.50. The van der Waals surface area contributed by atoms with E-state index in [4.69, 9.17) is 4.74 Å². The van der Waals surface area contributed by atoms with Crippen molar-refractivity contribution in [2.45, 2.75) is 44.9 Å². The van der Waals surface area contributed by atoms with Gasteiger partial charge in [0.15, 0.2) is 0 Å². The first-order valence-electron chi connectivity index (χ1n) is 7.20. The zero-order valence-corrected chi connectivity index (χ0v) is 11.8. The molecule has 1 aromatic carbocycles. The van der Waals surface area contributed by atoms with Gasteiger partial charge < -0.3 is 4.74 Å². The highest BCUT2D eigenvalue weighted by atomic mass is 16.5. The Morgan fingerprint density at radius 2 is 1.84 bits per heavy atom. The van der Waals surface area contributed by atoms with Gasteiger partial charge in [0.1, 0.15) is 0 Å². The number of nitriles is 1. The number of fused-ring (bicyclic) bond motifs is 1. The van der Waals surface area contributed by atoms with Gasteiger partial charge in [0.2, 0.25) is 0 Å². The Hall–Kier alpha value is -1.33. The van der Waals surface area contributed by atoms with E-state index in [1.54, 1.807) is 0 Å². The Kier molecular flexibility index (Phi) is 2.91. The van der Waals surface area contributed by atoms with Crippen molar-refractivity contribution in [3.8, 4) is 6.07 Å². The molecule has 0 saturated carbocycles. The van der Waals surface area contributed by atoms with Gasteiger partial charge in [-0.05, 0) is 56.2 Å². The third-order valence-corrected chi connectivity index (χ3v) is 5.07. The topological polar surface area (TPSA) is 33.0 Å². The SMILES string of the molecule is CC(C)(C#N)C1(c2ccc3c(c2)CCCC3)COC1. The van der Waals surface area contributed by atoms with Crippen molar-refractivity contribution < 1.29 is 4.74 Å². The Morgan fingerprint density at radius 3 is 2.42 bits per heavy atom. The fourth-order valence-electron chi connectivity index (χ4n) is 3.33. The number of hydrogen-bond acceptors (Lipinski definition) is 2. The summed E-state index contributed by atoms with van der Waals surface area (Å²) in [6.07, 6.45) is 5.00. The third kappa shape index (κ3) is 1.80. The minimum atomic E-state index is -0.381. The van der Waals surface area contributed by atoms with E-state index in [0.717, 1.165) is 0 Å². The summed E-state index contributed by atoms with van der Waals surface area (Å²) in [5.74, 6) is 0. The smallest absolute Gasteiger partial charge is 0.0695 e. The summed E-state index contributed by atoms with van der Waals surface area (Å²) in [5, 5.41) is 9.49. The van der Waals surface area contributed by atoms with Crippen LogP contribution in [0.1, 0.15) is 43.4 Å². The van der Waals surface area contributed by atoms with Crippen LogP contribution in [0.5, 0.6) is 0 Å². The maximum absolute atomic E-state index is 9.49. The van der Waals surface area contributed by atoms with Crippen LogP contribution in [0.15, 0.2) is 18.2 Å². The summed E-state index contributed by atoms with van der Waals surface area (Å²) in [6, 6.07) is 9.33. The highest BCUT2D eigenvalue weighted by molar-refractivity contribution is 5.41. The van der Waals surface area contributed by atoms with Gasteiger partial charge in [-0.2, -0.15) is 5.26 Å². The molecule has 2 heteroatoms. The molecule has 100 valence electrons. The van der Waals surface area contributed by atoms with Crippen LogP contribution in [0.2, 0.25) is 0 Å². The maximum Gasteiger partial charge on any atom is 0.0695 e. The van der Waals surface area contributed by atoms with Gasteiger partial charge in [0.05, 0.1) is 30.1 Å². The molecule has 0 unspecified atom stereocenters. The molecule has 19 heavy (non-hydrogen) atoms. The van der Waals surface area contributed by atoms with Crippen LogP contribution >= 0.6 is 0 Å². The normalized spacial score (nSPS) is 21.1. The molecule has 1 fully saturated rings. The number of aryl methyl sites for hydroxylation is 2. The summed E-state index contributed by atoms with van der Waals surface area (Å²) in [5.41, 5.74) is 3.79. The summed E-state index contributed by atoms with van der Waals surface area (Å²) < 4.78 is 5.47. The van der Waals surface area contributed by atoms with Gasteiger partial charge in [-0.25, -0.2) is 0 Å². The molecule has 1 heterocycles. The summed E-state index contributed by atoms with van der Waals surface area (Å²) in [7, 11) is 0. The standard InChI is InChI=1S/C17H21NO/c1-16(2,10-18)17(11-19-12-17)15-8-7-13-5-3-4-6-14(13)9-15/h7-9H,3-6,11-12H2,1-2H3. The first-order valence-corrected chi connectivity index (χ1v) is 7.20. The van der Waals surface area contributed by atoms with Crippen LogP contribution in [-0.4, -0.2) is 13.2 Å². The first kappa shape index (κ1) is 12.7. The van der Waals surface area contributed by atoms with Crippen LogP contribution in [0, 0.1) is 16.7 Å². The predicted molar refractivity (Wildman–Crippen MR) is 75.0 cm³/mol. The summed E-state index contributed by atoms with van der Waals surface area (Å²) >= 11 is 0. The van der Waals surface area contributed by atoms with E-state index < -0.39 is 0 Å². The van der Waals surface area contributed by atoms with Crippen molar-refractivity contribution in [1.82, 2.24) is 0 Å². The zero-order valence-electron chi connectivity index (χ0n) is 11.8. The number of nitrogens with zero attached hydrogens (tertiary/aromatic N) is 1. The number of ether oxygens (including phenoxy) is 1. The lowest BCUT2D eigenvalue weighted by Crippen LogP contribution is -2.56. The van der Waals surface area contributed by atoms with Crippen molar-refractivity contribution in [2.24, 2.45) is 5.41 Å². The summed E-state index contributed by atoms with van der Waals surface area (Å²) in [4.78, 5) is 0. The van der Waals surface area contributed by atoms with Crippen molar-refractivity contribution in [3.05, 3.63) is 34.9 Å². The zero-order chi connectivity index (χ0) is 13.5. The van der Waals surface area contributed by atoms with Crippen molar-refractivity contribution in [1.29, 1.82) is 5.26 Å². The number of rotatable bonds is 2. The highest BCUT2D eigenvalue weighted by Gasteiger charge is 2.52. The van der Waals surface area contributed by atoms with Crippen LogP contribution < -0.4 is 0 Å². The van der Waals surface area contributed by atoms with Crippen molar-refractivity contribution in [3.63, 3.8) is 0 Å². The Morgan fingerprint density at radius 1 is 1.16 bits per heavy atom. The number of benzene rings is 1. The molecular weight excluding hydrogens is 234 g/mol. The van der Waals surface area contributed by atoms with E-state index in [-0.39, 0.29) is 10.8 Å². The van der Waals surface area contributed by atoms with Crippen molar-refractivity contribution in [2.75, 3.05) is 13.2 Å². The van der Waals surface area contributed by atoms with E-state index >= 15 is 0 Å². The van der Waals surface area contributed by atoms with Crippen LogP contribution in [0.4, 0.5) is 0 Å². The molecule has 2 aliphatic rings. The third-order valence-electron chi connectivity index (χ3n) is 5.07. The molecule has 3 rings (SSSR count). The molecule has 0 N–H and O–H groups in total. The van der Waals surface area contributed by atoms with Crippen LogP contribution in [0.25, 0.3) is 0 Å². The molecule has 0 bridgehead atoms. The molecule has 0 aromatic heterocycles. The van der Waals surface area contributed by atoms with E-state index in [0.29, 0.717) is 13.2 Å². The van der Waals surface area contributed by atoms with E-state index in [1.165, 1.54) is 42.4 Å². The molecule has 0 atom stereocenters. The minimum absolute atomic E-state index is 0.117. The minimum Gasteiger partial charge on any atom is -0.379 e. The molecule has 1 aliphatic carbocycles. The van der Waals surface area contributed by atoms with Crippen LogP contribution in [-0.2, 0) is 23.0 Å². The fraction of sp³-hybridized carbons (Fsp3) is 0.588. The lowest BCUT2D eigenvalue weighted by molar-refractivity contribution is -0.102. The quantitative estimate of drug-likeness (QED) is 0.811. The summed E-state index contributed by atoms with van der Waals surface area (Å²) in [6.45, 7) is 5.42. The first-order chi connectivity index (χ1) is 9.09. The molecule has 1 aromatic rings. The Bertz CT molecular complexity index is 535. The molecular formula is C17H21NO. The van der Waals surface area contributed by atoms with E-state index in [2.05, 4.69) is 24.3 Å². The molecule has 1 saturated heterocycles. The lowest BCUT2D eigenvalue weighted by Gasteiger charge is -2.49. The van der Waals surface area contributed by atoms with Gasteiger partial charge in [-0.15, -0.1) is 0 Å². The maximum atomic E-state index is 9.49. The Labute approximate surface area is 115 Å². The van der Waals surface area contributed by atoms with Crippen LogP contribution in [0.3, 0.4) is 0 Å².